The number of fused-ring (bicyclic) bond motifs is 2. The lowest BCUT2D eigenvalue weighted by Gasteiger charge is -2.14. The average Bonchev–Trinajstić information content (AvgIpc) is 3.32. The van der Waals surface area contributed by atoms with E-state index in [2.05, 4.69) is 0 Å². The number of carboxylic acids is 2. The van der Waals surface area contributed by atoms with Crippen molar-refractivity contribution in [2.75, 3.05) is 14.2 Å². The summed E-state index contributed by atoms with van der Waals surface area (Å²) in [6, 6.07) is 1.88. The number of nitrogens with zero attached hydrogens (tertiary/aromatic N) is 2. The van der Waals surface area contributed by atoms with Crippen molar-refractivity contribution in [1.82, 2.24) is 4.57 Å². The number of pyridine rings is 2. The second kappa shape index (κ2) is 9.73. The largest absolute Gasteiger partial charge is 0.480 e. The van der Waals surface area contributed by atoms with Crippen molar-refractivity contribution in [3.63, 3.8) is 0 Å². The van der Waals surface area contributed by atoms with E-state index in [1.165, 1.54) is 35.7 Å². The minimum atomic E-state index is -1.06. The molecule has 0 unspecified atom stereocenters. The Morgan fingerprint density at radius 2 is 1.59 bits per heavy atom. The van der Waals surface area contributed by atoms with Crippen LogP contribution in [0, 0.1) is 6.92 Å². The van der Waals surface area contributed by atoms with Crippen LogP contribution in [0.2, 0.25) is 0 Å². The van der Waals surface area contributed by atoms with Gasteiger partial charge in [0.25, 0.3) is 0 Å². The number of hydrogen-bond acceptors (Lipinski definition) is 6. The van der Waals surface area contributed by atoms with Crippen molar-refractivity contribution < 1.29 is 43.4 Å². The number of aliphatic carboxylic acids is 2. The van der Waals surface area contributed by atoms with E-state index in [9.17, 15) is 29.4 Å². The highest BCUT2D eigenvalue weighted by atomic mass is 16.5. The van der Waals surface area contributed by atoms with E-state index in [0.29, 0.717) is 22.3 Å². The molecule has 37 heavy (non-hydrogen) atoms. The van der Waals surface area contributed by atoms with Crippen molar-refractivity contribution >= 4 is 41.1 Å². The summed E-state index contributed by atoms with van der Waals surface area (Å²) in [5.74, 6) is -3.30. The maximum atomic E-state index is 12.5. The third-order valence-corrected chi connectivity index (χ3v) is 6.17. The van der Waals surface area contributed by atoms with Gasteiger partial charge in [0, 0.05) is 29.1 Å². The van der Waals surface area contributed by atoms with E-state index in [-0.39, 0.29) is 24.2 Å². The van der Waals surface area contributed by atoms with Crippen molar-refractivity contribution in [2.45, 2.75) is 26.9 Å². The number of methoxy groups -OCH3 is 2. The predicted molar refractivity (Wildman–Crippen MR) is 132 cm³/mol. The van der Waals surface area contributed by atoms with Gasteiger partial charge in [-0.15, -0.1) is 0 Å². The molecular formula is C27H25N2O8+. The fourth-order valence-electron chi connectivity index (χ4n) is 4.77. The Labute approximate surface area is 212 Å². The molecule has 0 aromatic carbocycles. The highest BCUT2D eigenvalue weighted by Gasteiger charge is 2.30. The lowest BCUT2D eigenvalue weighted by Crippen LogP contribution is -2.39. The topological polar surface area (TPSA) is 136 Å². The quantitative estimate of drug-likeness (QED) is 0.370. The maximum absolute atomic E-state index is 12.5. The molecule has 2 aliphatic carbocycles. The summed E-state index contributed by atoms with van der Waals surface area (Å²) in [5, 5.41) is 18.6. The van der Waals surface area contributed by atoms with Crippen LogP contribution >= 0.6 is 0 Å². The first-order chi connectivity index (χ1) is 17.5. The zero-order valence-electron chi connectivity index (χ0n) is 20.7. The number of carbonyl (C=O) groups is 4. The first-order valence-corrected chi connectivity index (χ1v) is 11.2. The van der Waals surface area contributed by atoms with Gasteiger partial charge in [0.05, 0.1) is 25.3 Å². The number of aromatic nitrogens is 2. The molecule has 4 rings (SSSR count). The van der Waals surface area contributed by atoms with Gasteiger partial charge in [0.2, 0.25) is 6.54 Å². The summed E-state index contributed by atoms with van der Waals surface area (Å²) >= 11 is 0. The summed E-state index contributed by atoms with van der Waals surface area (Å²) in [7, 11) is 2.52. The SMILES string of the molecule is COC(=O)c1c[n+](CC(=O)O)cc2c1C(C)=C/C2=C/c1cc(C)c2c(C(=O)OC)cn(CC(=O)O)cc1-2. The van der Waals surface area contributed by atoms with E-state index in [1.807, 2.05) is 32.1 Å². The molecule has 2 heterocycles. The molecule has 1 aromatic heterocycles. The van der Waals surface area contributed by atoms with E-state index in [0.717, 1.165) is 22.3 Å². The molecule has 0 bridgehead atoms. The Hall–Kier alpha value is -4.73. The van der Waals surface area contributed by atoms with Crippen molar-refractivity contribution in [3.8, 4) is 11.1 Å². The summed E-state index contributed by atoms with van der Waals surface area (Å²) < 4.78 is 12.7. The highest BCUT2D eigenvalue weighted by molar-refractivity contribution is 6.08. The van der Waals surface area contributed by atoms with Gasteiger partial charge in [-0.2, -0.15) is 4.57 Å². The molecule has 2 N–H and O–H groups in total. The zero-order valence-corrected chi connectivity index (χ0v) is 20.7. The van der Waals surface area contributed by atoms with Gasteiger partial charge in [-0.05, 0) is 42.2 Å². The van der Waals surface area contributed by atoms with Crippen molar-refractivity contribution in [2.24, 2.45) is 0 Å². The normalized spacial score (nSPS) is 13.4. The molecule has 190 valence electrons. The first-order valence-electron chi connectivity index (χ1n) is 11.2. The number of carboxylic acid groups (broad SMARTS) is 2. The van der Waals surface area contributed by atoms with Crippen LogP contribution in [0.15, 0.2) is 36.9 Å². The molecule has 0 atom stereocenters. The van der Waals surface area contributed by atoms with Gasteiger partial charge in [-0.3, -0.25) is 4.79 Å². The number of esters is 2. The van der Waals surface area contributed by atoms with Gasteiger partial charge < -0.3 is 24.3 Å². The van der Waals surface area contributed by atoms with Crippen LogP contribution in [0.1, 0.15) is 49.9 Å². The van der Waals surface area contributed by atoms with Crippen LogP contribution in [-0.4, -0.2) is 52.9 Å². The van der Waals surface area contributed by atoms with Crippen LogP contribution in [0.3, 0.4) is 0 Å². The van der Waals surface area contributed by atoms with Crippen molar-refractivity contribution in [3.05, 3.63) is 70.3 Å². The van der Waals surface area contributed by atoms with E-state index < -0.39 is 23.9 Å². The van der Waals surface area contributed by atoms with Gasteiger partial charge in [-0.1, -0.05) is 12.1 Å². The predicted octanol–water partition coefficient (Wildman–Crippen LogP) is 2.89. The zero-order chi connectivity index (χ0) is 27.0. The highest BCUT2D eigenvalue weighted by Crippen LogP contribution is 2.41. The summed E-state index contributed by atoms with van der Waals surface area (Å²) in [6.07, 6.45) is 9.99. The van der Waals surface area contributed by atoms with Gasteiger partial charge in [0.1, 0.15) is 12.1 Å². The fourth-order valence-corrected chi connectivity index (χ4v) is 4.77. The molecule has 10 nitrogen and oxygen atoms in total. The smallest absolute Gasteiger partial charge is 0.370 e. The monoisotopic (exact) mass is 505 g/mol. The number of aryl methyl sites for hydroxylation is 1. The molecule has 0 amide bonds. The first kappa shape index (κ1) is 25.4. The average molecular weight is 506 g/mol. The molecule has 0 saturated carbocycles. The summed E-state index contributed by atoms with van der Waals surface area (Å²) in [5.41, 5.74) is 6.11. The molecule has 3 aliphatic rings. The van der Waals surface area contributed by atoms with E-state index in [4.69, 9.17) is 9.47 Å². The van der Waals surface area contributed by atoms with Crippen LogP contribution in [0.5, 0.6) is 0 Å². The Morgan fingerprint density at radius 3 is 2.22 bits per heavy atom. The number of ether oxygens (including phenoxy) is 2. The summed E-state index contributed by atoms with van der Waals surface area (Å²) in [4.78, 5) is 47.8. The minimum Gasteiger partial charge on any atom is -0.480 e. The lowest BCUT2D eigenvalue weighted by atomic mass is 9.98. The molecule has 10 heteroatoms. The molecular weight excluding hydrogens is 480 g/mol. The molecule has 0 radical (unpaired) electrons. The number of hydrogen-bond donors (Lipinski definition) is 2. The standard InChI is InChI=1S/C27H24N2O8/c1-14-5-16(18-8-28(12-22(30)31)10-20(24(14)18)26(34)36-3)7-17-6-15(2)25-19(17)9-29(13-23(32)33)11-21(25)27(35)37-4/h5-11H,12-13H2,1-4H3,(H-,30,31,32,33)/p+1. The minimum absolute atomic E-state index is 0.245. The Kier molecular flexibility index (Phi) is 6.67. The van der Waals surface area contributed by atoms with Gasteiger partial charge in [-0.25, -0.2) is 14.4 Å². The Morgan fingerprint density at radius 1 is 0.919 bits per heavy atom. The number of carbonyl (C=O) groups excluding carboxylic acids is 2. The van der Waals surface area contributed by atoms with Gasteiger partial charge >= 0.3 is 23.9 Å². The molecule has 1 aliphatic heterocycles. The molecule has 0 fully saturated rings. The second-order valence-electron chi connectivity index (χ2n) is 8.75. The third kappa shape index (κ3) is 4.73. The van der Waals surface area contributed by atoms with Gasteiger partial charge in [0.15, 0.2) is 12.4 Å². The molecule has 0 spiro atoms. The maximum Gasteiger partial charge on any atom is 0.370 e. The van der Waals surface area contributed by atoms with E-state index >= 15 is 0 Å². The van der Waals surface area contributed by atoms with Crippen LogP contribution in [0.25, 0.3) is 28.3 Å². The van der Waals surface area contributed by atoms with E-state index in [1.54, 1.807) is 12.4 Å². The number of allylic oxidation sites excluding steroid dienone is 3. The summed E-state index contributed by atoms with van der Waals surface area (Å²) in [6.45, 7) is 3.00. The number of rotatable bonds is 7. The fraction of sp³-hybridized carbons (Fsp3) is 0.222. The third-order valence-electron chi connectivity index (χ3n) is 6.17. The van der Waals surface area contributed by atoms with Crippen molar-refractivity contribution in [1.29, 1.82) is 0 Å². The molecule has 0 saturated heterocycles. The Balaban J connectivity index is 1.94. The van der Waals surface area contributed by atoms with Crippen LogP contribution in [-0.2, 0) is 32.2 Å². The Bertz CT molecular complexity index is 1510. The lowest BCUT2D eigenvalue weighted by molar-refractivity contribution is -0.686. The van der Waals surface area contributed by atoms with Crippen LogP contribution in [0.4, 0.5) is 0 Å². The molecule has 1 aromatic rings. The second-order valence-corrected chi connectivity index (χ2v) is 8.75. The van der Waals surface area contributed by atoms with Crippen LogP contribution < -0.4 is 4.57 Å².